The highest BCUT2D eigenvalue weighted by molar-refractivity contribution is 7.92. The summed E-state index contributed by atoms with van der Waals surface area (Å²) < 4.78 is 28.1. The second-order valence-electron chi connectivity index (χ2n) is 7.83. The largest absolute Gasteiger partial charge is 0.350 e. The Morgan fingerprint density at radius 3 is 2.21 bits per heavy atom. The molecule has 0 atom stereocenters. The number of benzene rings is 2. The van der Waals surface area contributed by atoms with Crippen LogP contribution < -0.4 is 9.62 Å². The van der Waals surface area contributed by atoms with Gasteiger partial charge in [0.2, 0.25) is 5.91 Å². The van der Waals surface area contributed by atoms with Crippen molar-refractivity contribution in [1.29, 1.82) is 0 Å². The van der Waals surface area contributed by atoms with Gasteiger partial charge < -0.3 is 5.32 Å². The Morgan fingerprint density at radius 2 is 1.64 bits per heavy atom. The minimum absolute atomic E-state index is 0.168. The van der Waals surface area contributed by atoms with Crippen molar-refractivity contribution in [3.8, 4) is 0 Å². The van der Waals surface area contributed by atoms with Crippen LogP contribution in [-0.4, -0.2) is 26.4 Å². The number of hydrogen-bond donors (Lipinski definition) is 1. The standard InChI is InChI=1S/C22H30N2O3S/c1-7-22(5,6)23-21(25)15-24(20-10-8-9-17(3)18(20)4)28(26,27)19-13-11-16(2)12-14-19/h8-14H,7,15H2,1-6H3,(H,23,25). The van der Waals surface area contributed by atoms with Gasteiger partial charge in [0.15, 0.2) is 0 Å². The average molecular weight is 403 g/mol. The molecule has 0 saturated heterocycles. The molecule has 1 N–H and O–H groups in total. The smallest absolute Gasteiger partial charge is 0.264 e. The highest BCUT2D eigenvalue weighted by Crippen LogP contribution is 2.28. The first-order chi connectivity index (χ1) is 13.0. The normalized spacial score (nSPS) is 11.9. The molecule has 6 heteroatoms. The molecule has 2 rings (SSSR count). The summed E-state index contributed by atoms with van der Waals surface area (Å²) in [6.45, 7) is 11.2. The zero-order valence-corrected chi connectivity index (χ0v) is 18.4. The SMILES string of the molecule is CCC(C)(C)NC(=O)CN(c1cccc(C)c1C)S(=O)(=O)c1ccc(C)cc1. The van der Waals surface area contributed by atoms with Crippen molar-refractivity contribution in [2.45, 2.75) is 58.4 Å². The summed E-state index contributed by atoms with van der Waals surface area (Å²) in [5.41, 5.74) is 2.89. The van der Waals surface area contributed by atoms with Crippen LogP contribution in [0, 0.1) is 20.8 Å². The number of sulfonamides is 1. The van der Waals surface area contributed by atoms with Gasteiger partial charge in [-0.25, -0.2) is 8.42 Å². The number of nitrogens with zero attached hydrogens (tertiary/aromatic N) is 1. The van der Waals surface area contributed by atoms with Crippen molar-refractivity contribution >= 4 is 21.6 Å². The first-order valence-electron chi connectivity index (χ1n) is 9.44. The summed E-state index contributed by atoms with van der Waals surface area (Å²) in [7, 11) is -3.90. The maximum Gasteiger partial charge on any atom is 0.264 e. The van der Waals surface area contributed by atoms with Crippen LogP contribution in [-0.2, 0) is 14.8 Å². The Labute approximate surface area is 168 Å². The Bertz CT molecular complexity index is 948. The van der Waals surface area contributed by atoms with Crippen LogP contribution in [0.4, 0.5) is 5.69 Å². The molecule has 1 amide bonds. The second-order valence-corrected chi connectivity index (χ2v) is 9.69. The first kappa shape index (κ1) is 22.0. The lowest BCUT2D eigenvalue weighted by molar-refractivity contribution is -0.121. The lowest BCUT2D eigenvalue weighted by Gasteiger charge is -2.29. The predicted molar refractivity (Wildman–Crippen MR) is 114 cm³/mol. The summed E-state index contributed by atoms with van der Waals surface area (Å²) >= 11 is 0. The van der Waals surface area contributed by atoms with Crippen molar-refractivity contribution in [2.75, 3.05) is 10.8 Å². The topological polar surface area (TPSA) is 66.5 Å². The van der Waals surface area contributed by atoms with E-state index >= 15 is 0 Å². The molecule has 0 spiro atoms. The molecule has 0 bridgehead atoms. The van der Waals surface area contributed by atoms with Gasteiger partial charge in [0, 0.05) is 5.54 Å². The van der Waals surface area contributed by atoms with Crippen LogP contribution in [0.2, 0.25) is 0 Å². The molecule has 0 fully saturated rings. The van der Waals surface area contributed by atoms with Crippen molar-refractivity contribution in [2.24, 2.45) is 0 Å². The molecule has 0 aliphatic carbocycles. The molecule has 0 radical (unpaired) electrons. The summed E-state index contributed by atoms with van der Waals surface area (Å²) in [5.74, 6) is -0.330. The molecule has 0 unspecified atom stereocenters. The summed E-state index contributed by atoms with van der Waals surface area (Å²) in [4.78, 5) is 12.9. The lowest BCUT2D eigenvalue weighted by Crippen LogP contribution is -2.48. The molecule has 0 aromatic heterocycles. The molecule has 0 aliphatic rings. The van der Waals surface area contributed by atoms with E-state index in [0.717, 1.165) is 23.1 Å². The van der Waals surface area contributed by atoms with Crippen LogP contribution in [0.3, 0.4) is 0 Å². The van der Waals surface area contributed by atoms with E-state index in [0.29, 0.717) is 5.69 Å². The van der Waals surface area contributed by atoms with Gasteiger partial charge in [0.05, 0.1) is 10.6 Å². The molecule has 2 aromatic carbocycles. The van der Waals surface area contributed by atoms with Gasteiger partial charge >= 0.3 is 0 Å². The molecule has 2 aromatic rings. The second kappa shape index (κ2) is 8.35. The van der Waals surface area contributed by atoms with E-state index in [1.54, 1.807) is 30.3 Å². The van der Waals surface area contributed by atoms with Crippen molar-refractivity contribution < 1.29 is 13.2 Å². The predicted octanol–water partition coefficient (Wildman–Crippen LogP) is 4.11. The van der Waals surface area contributed by atoms with Crippen LogP contribution in [0.5, 0.6) is 0 Å². The van der Waals surface area contributed by atoms with E-state index in [1.807, 2.05) is 53.7 Å². The van der Waals surface area contributed by atoms with Crippen LogP contribution >= 0.6 is 0 Å². The summed E-state index contributed by atoms with van der Waals surface area (Å²) in [6.07, 6.45) is 0.743. The fourth-order valence-electron chi connectivity index (χ4n) is 2.78. The number of carbonyl (C=O) groups is 1. The number of nitrogens with one attached hydrogen (secondary N) is 1. The first-order valence-corrected chi connectivity index (χ1v) is 10.9. The van der Waals surface area contributed by atoms with Gasteiger partial charge in [0.25, 0.3) is 10.0 Å². The van der Waals surface area contributed by atoms with E-state index in [-0.39, 0.29) is 17.3 Å². The third kappa shape index (κ3) is 4.93. The van der Waals surface area contributed by atoms with Gasteiger partial charge in [-0.2, -0.15) is 0 Å². The van der Waals surface area contributed by atoms with E-state index in [9.17, 15) is 13.2 Å². The van der Waals surface area contributed by atoms with Gasteiger partial charge in [-0.3, -0.25) is 9.10 Å². The molecule has 0 saturated carbocycles. The third-order valence-electron chi connectivity index (χ3n) is 5.10. The molecule has 0 aliphatic heterocycles. The van der Waals surface area contributed by atoms with Crippen molar-refractivity contribution in [3.63, 3.8) is 0 Å². The maximum absolute atomic E-state index is 13.4. The Morgan fingerprint density at radius 1 is 1.04 bits per heavy atom. The number of hydrogen-bond acceptors (Lipinski definition) is 3. The van der Waals surface area contributed by atoms with Crippen molar-refractivity contribution in [3.05, 3.63) is 59.2 Å². The Hall–Kier alpha value is -2.34. The number of amides is 1. The molecular formula is C22H30N2O3S. The van der Waals surface area contributed by atoms with Gasteiger partial charge in [-0.1, -0.05) is 36.8 Å². The van der Waals surface area contributed by atoms with Gasteiger partial charge in [0.1, 0.15) is 6.54 Å². The lowest BCUT2D eigenvalue weighted by atomic mass is 10.0. The Kier molecular flexibility index (Phi) is 6.55. The minimum Gasteiger partial charge on any atom is -0.350 e. The van der Waals surface area contributed by atoms with Gasteiger partial charge in [-0.05, 0) is 70.4 Å². The van der Waals surface area contributed by atoms with E-state index in [2.05, 4.69) is 5.32 Å². The zero-order chi connectivity index (χ0) is 21.1. The van der Waals surface area contributed by atoms with Crippen molar-refractivity contribution in [1.82, 2.24) is 5.32 Å². The maximum atomic E-state index is 13.4. The fourth-order valence-corrected chi connectivity index (χ4v) is 4.26. The number of aryl methyl sites for hydroxylation is 2. The average Bonchev–Trinajstić information content (AvgIpc) is 2.62. The van der Waals surface area contributed by atoms with E-state index < -0.39 is 15.6 Å². The monoisotopic (exact) mass is 402 g/mol. The van der Waals surface area contributed by atoms with Crippen LogP contribution in [0.1, 0.15) is 43.9 Å². The number of carbonyl (C=O) groups excluding carboxylic acids is 1. The number of anilines is 1. The molecular weight excluding hydrogens is 372 g/mol. The summed E-state index contributed by atoms with van der Waals surface area (Å²) in [6, 6.07) is 12.2. The highest BCUT2D eigenvalue weighted by atomic mass is 32.2. The minimum atomic E-state index is -3.90. The van der Waals surface area contributed by atoms with E-state index in [4.69, 9.17) is 0 Å². The van der Waals surface area contributed by atoms with E-state index in [1.165, 1.54) is 4.31 Å². The molecule has 152 valence electrons. The summed E-state index contributed by atoms with van der Waals surface area (Å²) in [5, 5.41) is 2.93. The van der Waals surface area contributed by atoms with Crippen LogP contribution in [0.15, 0.2) is 47.4 Å². The molecule has 28 heavy (non-hydrogen) atoms. The highest BCUT2D eigenvalue weighted by Gasteiger charge is 2.30. The Balaban J connectivity index is 2.51. The third-order valence-corrected chi connectivity index (χ3v) is 6.88. The van der Waals surface area contributed by atoms with Gasteiger partial charge in [-0.15, -0.1) is 0 Å². The molecule has 0 heterocycles. The fraction of sp³-hybridized carbons (Fsp3) is 0.409. The number of rotatable bonds is 7. The zero-order valence-electron chi connectivity index (χ0n) is 17.5. The van der Waals surface area contributed by atoms with Crippen LogP contribution in [0.25, 0.3) is 0 Å². The quantitative estimate of drug-likeness (QED) is 0.758. The molecule has 5 nitrogen and oxygen atoms in total.